The zero-order valence-corrected chi connectivity index (χ0v) is 9.20. The van der Waals surface area contributed by atoms with Gasteiger partial charge in [-0.3, -0.25) is 9.36 Å². The third kappa shape index (κ3) is 4.25. The van der Waals surface area contributed by atoms with E-state index in [1.807, 2.05) is 0 Å². The molecule has 0 aromatic carbocycles. The van der Waals surface area contributed by atoms with E-state index in [-0.39, 0.29) is 18.7 Å². The molecule has 0 aromatic heterocycles. The summed E-state index contributed by atoms with van der Waals surface area (Å²) >= 11 is 0. The van der Waals surface area contributed by atoms with Crippen LogP contribution in [0.2, 0.25) is 0 Å². The fourth-order valence-corrected chi connectivity index (χ4v) is 3.11. The summed E-state index contributed by atoms with van der Waals surface area (Å²) < 4.78 is 16.6. The molecular formula is C9H17O4P. The molecule has 0 aliphatic heterocycles. The van der Waals surface area contributed by atoms with Gasteiger partial charge in [0.15, 0.2) is 8.03 Å². The molecule has 0 aromatic rings. The minimum atomic E-state index is -2.00. The Morgan fingerprint density at radius 3 is 2.57 bits per heavy atom. The summed E-state index contributed by atoms with van der Waals surface area (Å²) in [4.78, 5) is 10.2. The first kappa shape index (κ1) is 11.7. The molecule has 14 heavy (non-hydrogen) atoms. The summed E-state index contributed by atoms with van der Waals surface area (Å²) in [6.45, 7) is 0.0869. The summed E-state index contributed by atoms with van der Waals surface area (Å²) in [5.74, 6) is -0.900. The Morgan fingerprint density at radius 2 is 2.00 bits per heavy atom. The number of rotatable bonds is 5. The van der Waals surface area contributed by atoms with Crippen LogP contribution in [-0.4, -0.2) is 23.3 Å². The zero-order valence-electron chi connectivity index (χ0n) is 8.20. The van der Waals surface area contributed by atoms with Crippen LogP contribution in [0.1, 0.15) is 38.5 Å². The molecule has 1 N–H and O–H groups in total. The Hall–Kier alpha value is -0.340. The standard InChI is InChI=1S/C9H17O4P/c10-9(11)6-7-13-14(12)8-4-2-1-3-5-8/h8,14H,1-7H2,(H,10,11). The van der Waals surface area contributed by atoms with E-state index < -0.39 is 14.0 Å². The highest BCUT2D eigenvalue weighted by Gasteiger charge is 2.19. The van der Waals surface area contributed by atoms with Crippen molar-refractivity contribution < 1.29 is 19.0 Å². The van der Waals surface area contributed by atoms with Gasteiger partial charge in [0.1, 0.15) is 0 Å². The van der Waals surface area contributed by atoms with Crippen molar-refractivity contribution in [2.45, 2.75) is 44.2 Å². The number of hydrogen-bond donors (Lipinski definition) is 1. The average Bonchev–Trinajstić information content (AvgIpc) is 2.18. The lowest BCUT2D eigenvalue weighted by Crippen LogP contribution is -2.09. The number of carboxylic acid groups (broad SMARTS) is 1. The molecule has 1 rings (SSSR count). The van der Waals surface area contributed by atoms with E-state index in [1.54, 1.807) is 0 Å². The highest BCUT2D eigenvalue weighted by molar-refractivity contribution is 7.40. The summed E-state index contributed by atoms with van der Waals surface area (Å²) in [7, 11) is -2.00. The maximum absolute atomic E-state index is 11.5. The topological polar surface area (TPSA) is 63.6 Å². The largest absolute Gasteiger partial charge is 0.481 e. The van der Waals surface area contributed by atoms with Crippen LogP contribution in [0.25, 0.3) is 0 Å². The molecule has 0 amide bonds. The van der Waals surface area contributed by atoms with Crippen molar-refractivity contribution in [3.05, 3.63) is 0 Å². The normalized spacial score (nSPS) is 20.6. The van der Waals surface area contributed by atoms with Crippen molar-refractivity contribution >= 4 is 14.0 Å². The Balaban J connectivity index is 2.16. The van der Waals surface area contributed by atoms with Crippen molar-refractivity contribution in [1.82, 2.24) is 0 Å². The molecule has 1 unspecified atom stereocenters. The van der Waals surface area contributed by atoms with Gasteiger partial charge in [0.05, 0.1) is 13.0 Å². The van der Waals surface area contributed by atoms with E-state index in [0.29, 0.717) is 0 Å². The average molecular weight is 220 g/mol. The first-order valence-corrected chi connectivity index (χ1v) is 6.48. The molecular weight excluding hydrogens is 203 g/mol. The van der Waals surface area contributed by atoms with Gasteiger partial charge >= 0.3 is 5.97 Å². The lowest BCUT2D eigenvalue weighted by molar-refractivity contribution is -0.137. The SMILES string of the molecule is O=C(O)CCO[PH](=O)C1CCCCC1. The van der Waals surface area contributed by atoms with Gasteiger partial charge in [-0.15, -0.1) is 0 Å². The van der Waals surface area contributed by atoms with Crippen molar-refractivity contribution in [1.29, 1.82) is 0 Å². The van der Waals surface area contributed by atoms with E-state index >= 15 is 0 Å². The Bertz CT molecular complexity index is 211. The van der Waals surface area contributed by atoms with Gasteiger partial charge in [0.25, 0.3) is 0 Å². The van der Waals surface area contributed by atoms with Crippen molar-refractivity contribution in [3.63, 3.8) is 0 Å². The van der Waals surface area contributed by atoms with Crippen molar-refractivity contribution in [3.8, 4) is 0 Å². The van der Waals surface area contributed by atoms with Gasteiger partial charge < -0.3 is 9.63 Å². The van der Waals surface area contributed by atoms with Crippen LogP contribution in [0.4, 0.5) is 0 Å². The number of aliphatic carboxylic acids is 1. The van der Waals surface area contributed by atoms with Crippen LogP contribution in [0.5, 0.6) is 0 Å². The maximum atomic E-state index is 11.5. The number of carbonyl (C=O) groups is 1. The summed E-state index contributed by atoms with van der Waals surface area (Å²) in [5, 5.41) is 8.37. The van der Waals surface area contributed by atoms with E-state index in [2.05, 4.69) is 0 Å². The smallest absolute Gasteiger partial charge is 0.305 e. The second kappa shape index (κ2) is 6.20. The molecule has 0 bridgehead atoms. The van der Waals surface area contributed by atoms with E-state index in [0.717, 1.165) is 25.7 Å². The van der Waals surface area contributed by atoms with Gasteiger partial charge in [-0.25, -0.2) is 0 Å². The first-order valence-electron chi connectivity index (χ1n) is 5.08. The fraction of sp³-hybridized carbons (Fsp3) is 0.889. The molecule has 0 spiro atoms. The molecule has 0 heterocycles. The maximum Gasteiger partial charge on any atom is 0.305 e. The Labute approximate surface area is 84.5 Å². The fourth-order valence-electron chi connectivity index (χ4n) is 1.70. The molecule has 82 valence electrons. The third-order valence-electron chi connectivity index (χ3n) is 2.50. The highest BCUT2D eigenvalue weighted by atomic mass is 31.1. The summed E-state index contributed by atoms with van der Waals surface area (Å²) in [5.41, 5.74) is 0.197. The lowest BCUT2D eigenvalue weighted by Gasteiger charge is -2.20. The first-order chi connectivity index (χ1) is 6.70. The van der Waals surface area contributed by atoms with Crippen LogP contribution in [0, 0.1) is 0 Å². The summed E-state index contributed by atoms with van der Waals surface area (Å²) in [6, 6.07) is 0. The van der Waals surface area contributed by atoms with Gasteiger partial charge in [-0.05, 0) is 12.8 Å². The second-order valence-corrected chi connectivity index (χ2v) is 5.39. The molecule has 0 saturated heterocycles. The minimum Gasteiger partial charge on any atom is -0.481 e. The molecule has 0 radical (unpaired) electrons. The zero-order chi connectivity index (χ0) is 10.4. The van der Waals surface area contributed by atoms with Crippen molar-refractivity contribution in [2.75, 3.05) is 6.61 Å². The van der Waals surface area contributed by atoms with Crippen LogP contribution in [0.15, 0.2) is 0 Å². The molecule has 1 atom stereocenters. The van der Waals surface area contributed by atoms with Crippen LogP contribution >= 0.6 is 8.03 Å². The van der Waals surface area contributed by atoms with Gasteiger partial charge in [0.2, 0.25) is 0 Å². The van der Waals surface area contributed by atoms with Gasteiger partial charge in [-0.1, -0.05) is 19.3 Å². The predicted octanol–water partition coefficient (Wildman–Crippen LogP) is 2.29. The molecule has 1 fully saturated rings. The van der Waals surface area contributed by atoms with Crippen LogP contribution in [-0.2, 0) is 13.9 Å². The van der Waals surface area contributed by atoms with Crippen molar-refractivity contribution in [2.24, 2.45) is 0 Å². The molecule has 1 aliphatic rings. The predicted molar refractivity (Wildman–Crippen MR) is 54.1 cm³/mol. The van der Waals surface area contributed by atoms with E-state index in [1.165, 1.54) is 6.42 Å². The van der Waals surface area contributed by atoms with E-state index in [4.69, 9.17) is 9.63 Å². The van der Waals surface area contributed by atoms with Crippen LogP contribution in [0.3, 0.4) is 0 Å². The van der Waals surface area contributed by atoms with Crippen LogP contribution < -0.4 is 0 Å². The van der Waals surface area contributed by atoms with Gasteiger partial charge in [-0.2, -0.15) is 0 Å². The third-order valence-corrected chi connectivity index (χ3v) is 4.23. The number of carboxylic acids is 1. The Kier molecular flexibility index (Phi) is 5.20. The molecule has 1 aliphatic carbocycles. The lowest BCUT2D eigenvalue weighted by atomic mass is 10.0. The highest BCUT2D eigenvalue weighted by Crippen LogP contribution is 2.39. The monoisotopic (exact) mass is 220 g/mol. The molecule has 1 saturated carbocycles. The quantitative estimate of drug-likeness (QED) is 0.722. The summed E-state index contributed by atoms with van der Waals surface area (Å²) in [6.07, 6.45) is 5.38. The Morgan fingerprint density at radius 1 is 1.36 bits per heavy atom. The number of hydrogen-bond acceptors (Lipinski definition) is 3. The minimum absolute atomic E-state index is 0.0525. The second-order valence-electron chi connectivity index (χ2n) is 3.65. The molecule has 5 heteroatoms. The van der Waals surface area contributed by atoms with E-state index in [9.17, 15) is 9.36 Å². The molecule has 4 nitrogen and oxygen atoms in total. The van der Waals surface area contributed by atoms with Gasteiger partial charge in [0, 0.05) is 5.66 Å².